The normalized spacial score (nSPS) is 19.6. The van der Waals surface area contributed by atoms with E-state index in [1.165, 1.54) is 6.07 Å². The van der Waals surface area contributed by atoms with Crippen molar-refractivity contribution in [3.05, 3.63) is 65.5 Å². The Morgan fingerprint density at radius 3 is 2.37 bits per heavy atom. The summed E-state index contributed by atoms with van der Waals surface area (Å²) in [5.74, 6) is -1.18. The Morgan fingerprint density at radius 2 is 1.81 bits per heavy atom. The number of carbonyl (C=O) groups excluding carboxylic acids is 1. The first-order valence-corrected chi connectivity index (χ1v) is 9.72. The summed E-state index contributed by atoms with van der Waals surface area (Å²) < 4.78 is 36.6. The third-order valence-corrected chi connectivity index (χ3v) is 5.69. The summed E-state index contributed by atoms with van der Waals surface area (Å²) in [5.41, 5.74) is 7.06. The van der Waals surface area contributed by atoms with E-state index >= 15 is 0 Å². The van der Waals surface area contributed by atoms with Gasteiger partial charge in [-0.15, -0.1) is 12.4 Å². The maximum Gasteiger partial charge on any atom is 0.253 e. The molecule has 2 aromatic carbocycles. The lowest BCUT2D eigenvalue weighted by Gasteiger charge is -2.17. The lowest BCUT2D eigenvalue weighted by Crippen LogP contribution is -2.30. The molecule has 9 heteroatoms. The van der Waals surface area contributed by atoms with Crippen LogP contribution in [0.3, 0.4) is 0 Å². The minimum atomic E-state index is -4.17. The molecule has 0 bridgehead atoms. The molecule has 0 radical (unpaired) electrons. The Balaban J connectivity index is 0.00000261. The summed E-state index contributed by atoms with van der Waals surface area (Å²) in [7, 11) is -4.17. The van der Waals surface area contributed by atoms with Crippen molar-refractivity contribution in [2.75, 3.05) is 19.6 Å². The van der Waals surface area contributed by atoms with Crippen molar-refractivity contribution in [2.45, 2.75) is 10.8 Å². The topological polar surface area (TPSA) is 106 Å². The highest BCUT2D eigenvalue weighted by Crippen LogP contribution is 2.33. The lowest BCUT2D eigenvalue weighted by atomic mass is 9.89. The molecule has 0 aliphatic carbocycles. The fraction of sp³-hybridized carbons (Fsp3) is 0.278. The van der Waals surface area contributed by atoms with Gasteiger partial charge in [0.1, 0.15) is 10.7 Å². The minimum Gasteiger partial charge on any atom is -0.338 e. The molecular weight excluding hydrogens is 393 g/mol. The van der Waals surface area contributed by atoms with Gasteiger partial charge in [0.2, 0.25) is 10.0 Å². The first kappa shape index (κ1) is 21.3. The van der Waals surface area contributed by atoms with Crippen LogP contribution >= 0.6 is 12.4 Å². The second-order valence-electron chi connectivity index (χ2n) is 6.41. The smallest absolute Gasteiger partial charge is 0.253 e. The van der Waals surface area contributed by atoms with Crippen molar-refractivity contribution in [3.8, 4) is 0 Å². The number of primary sulfonamides is 1. The van der Waals surface area contributed by atoms with Crippen LogP contribution in [0.4, 0.5) is 4.39 Å². The summed E-state index contributed by atoms with van der Waals surface area (Å²) in [6.45, 7) is 1.37. The van der Waals surface area contributed by atoms with E-state index in [1.54, 1.807) is 4.90 Å². The van der Waals surface area contributed by atoms with Gasteiger partial charge in [0, 0.05) is 24.6 Å². The van der Waals surface area contributed by atoms with Crippen molar-refractivity contribution in [3.63, 3.8) is 0 Å². The number of nitrogens with two attached hydrogens (primary N) is 2. The van der Waals surface area contributed by atoms with Gasteiger partial charge in [-0.05, 0) is 36.2 Å². The van der Waals surface area contributed by atoms with E-state index in [0.717, 1.165) is 17.7 Å². The van der Waals surface area contributed by atoms with Crippen LogP contribution < -0.4 is 10.9 Å². The van der Waals surface area contributed by atoms with Crippen molar-refractivity contribution in [1.29, 1.82) is 0 Å². The van der Waals surface area contributed by atoms with Crippen molar-refractivity contribution >= 4 is 28.3 Å². The molecule has 6 nitrogen and oxygen atoms in total. The molecule has 4 N–H and O–H groups in total. The quantitative estimate of drug-likeness (QED) is 0.795. The zero-order valence-corrected chi connectivity index (χ0v) is 16.0. The van der Waals surface area contributed by atoms with Crippen LogP contribution in [0.5, 0.6) is 0 Å². The summed E-state index contributed by atoms with van der Waals surface area (Å²) in [5, 5.41) is 4.95. The van der Waals surface area contributed by atoms with Gasteiger partial charge in [-0.3, -0.25) is 4.79 Å². The van der Waals surface area contributed by atoms with Crippen LogP contribution in [-0.4, -0.2) is 38.9 Å². The van der Waals surface area contributed by atoms with Gasteiger partial charge in [0.05, 0.1) is 0 Å². The second-order valence-corrected chi connectivity index (χ2v) is 7.94. The van der Waals surface area contributed by atoms with Gasteiger partial charge in [-0.2, -0.15) is 0 Å². The van der Waals surface area contributed by atoms with E-state index in [4.69, 9.17) is 10.9 Å². The molecule has 0 aromatic heterocycles. The van der Waals surface area contributed by atoms with Crippen LogP contribution in [0, 0.1) is 11.7 Å². The average Bonchev–Trinajstić information content (AvgIpc) is 3.05. The molecule has 0 spiro atoms. The standard InChI is InChI=1S/C18H20FN3O3S.ClH/c19-16-8-13(6-7-17(16)26(21,24)25)18(23)22-10-14(9-20)15(11-22)12-4-2-1-3-5-12;/h1-8,14-15H,9-11,20H2,(H2,21,24,25);1H/t14-,15+;/m1./s1. The van der Waals surface area contributed by atoms with E-state index in [9.17, 15) is 17.6 Å². The maximum atomic E-state index is 14.0. The molecule has 0 saturated carbocycles. The molecule has 2 atom stereocenters. The average molecular weight is 414 g/mol. The van der Waals surface area contributed by atoms with Crippen LogP contribution in [0.15, 0.2) is 53.4 Å². The molecule has 1 fully saturated rings. The number of halogens is 2. The third-order valence-electron chi connectivity index (χ3n) is 4.74. The highest BCUT2D eigenvalue weighted by molar-refractivity contribution is 7.89. The van der Waals surface area contributed by atoms with Crippen LogP contribution in [0.2, 0.25) is 0 Å². The minimum absolute atomic E-state index is 0. The summed E-state index contributed by atoms with van der Waals surface area (Å²) in [6, 6.07) is 13.0. The van der Waals surface area contributed by atoms with Crippen LogP contribution in [0.25, 0.3) is 0 Å². The first-order chi connectivity index (χ1) is 12.3. The molecule has 3 rings (SSSR count). The summed E-state index contributed by atoms with van der Waals surface area (Å²) in [6.07, 6.45) is 0. The molecule has 1 amide bonds. The molecule has 1 saturated heterocycles. The van der Waals surface area contributed by atoms with E-state index < -0.39 is 20.7 Å². The SMILES string of the molecule is Cl.NC[C@@H]1CN(C(=O)c2ccc(S(N)(=O)=O)c(F)c2)C[C@H]1c1ccccc1. The molecule has 27 heavy (non-hydrogen) atoms. The Hall–Kier alpha value is -2.00. The van der Waals surface area contributed by atoms with Crippen LogP contribution in [0.1, 0.15) is 21.8 Å². The van der Waals surface area contributed by atoms with Gasteiger partial charge in [0.25, 0.3) is 5.91 Å². The summed E-state index contributed by atoms with van der Waals surface area (Å²) in [4.78, 5) is 13.7. The summed E-state index contributed by atoms with van der Waals surface area (Å²) >= 11 is 0. The fourth-order valence-corrected chi connectivity index (χ4v) is 3.99. The van der Waals surface area contributed by atoms with E-state index in [-0.39, 0.29) is 35.7 Å². The predicted octanol–water partition coefficient (Wildman–Crippen LogP) is 1.71. The number of hydrogen-bond donors (Lipinski definition) is 2. The molecule has 1 aliphatic heterocycles. The molecule has 2 aromatic rings. The molecule has 146 valence electrons. The molecule has 1 aliphatic rings. The largest absolute Gasteiger partial charge is 0.338 e. The number of hydrogen-bond acceptors (Lipinski definition) is 4. The van der Waals surface area contributed by atoms with Crippen molar-refractivity contribution in [2.24, 2.45) is 16.8 Å². The highest BCUT2D eigenvalue weighted by Gasteiger charge is 2.35. The molecule has 0 unspecified atom stereocenters. The van der Waals surface area contributed by atoms with E-state index in [2.05, 4.69) is 0 Å². The number of nitrogens with zero attached hydrogens (tertiary/aromatic N) is 1. The Labute approximate surface area is 163 Å². The van der Waals surface area contributed by atoms with E-state index in [0.29, 0.717) is 19.6 Å². The number of rotatable bonds is 4. The number of benzene rings is 2. The van der Waals surface area contributed by atoms with Gasteiger partial charge < -0.3 is 10.6 Å². The fourth-order valence-electron chi connectivity index (χ4n) is 3.40. The number of likely N-dealkylation sites (tertiary alicyclic amines) is 1. The number of sulfonamides is 1. The van der Waals surface area contributed by atoms with Crippen molar-refractivity contribution < 1.29 is 17.6 Å². The first-order valence-electron chi connectivity index (χ1n) is 8.18. The van der Waals surface area contributed by atoms with E-state index in [1.807, 2.05) is 30.3 Å². The Bertz CT molecular complexity index is 925. The predicted molar refractivity (Wildman–Crippen MR) is 103 cm³/mol. The van der Waals surface area contributed by atoms with Gasteiger partial charge in [0.15, 0.2) is 0 Å². The van der Waals surface area contributed by atoms with Gasteiger partial charge >= 0.3 is 0 Å². The number of carbonyl (C=O) groups is 1. The second kappa shape index (κ2) is 8.35. The zero-order chi connectivity index (χ0) is 18.9. The van der Waals surface area contributed by atoms with Gasteiger partial charge in [-0.1, -0.05) is 30.3 Å². The third kappa shape index (κ3) is 4.47. The molecular formula is C18H21ClFN3O3S. The highest BCUT2D eigenvalue weighted by atomic mass is 35.5. The van der Waals surface area contributed by atoms with Crippen LogP contribution in [-0.2, 0) is 10.0 Å². The lowest BCUT2D eigenvalue weighted by molar-refractivity contribution is 0.0785. The number of amides is 1. The Morgan fingerprint density at radius 1 is 1.15 bits per heavy atom. The Kier molecular flexibility index (Phi) is 6.59. The molecule has 1 heterocycles. The maximum absolute atomic E-state index is 14.0. The monoisotopic (exact) mass is 413 g/mol. The van der Waals surface area contributed by atoms with Gasteiger partial charge in [-0.25, -0.2) is 17.9 Å². The zero-order valence-electron chi connectivity index (χ0n) is 14.4. The van der Waals surface area contributed by atoms with Crippen molar-refractivity contribution in [1.82, 2.24) is 4.90 Å².